The summed E-state index contributed by atoms with van der Waals surface area (Å²) < 4.78 is 5.57. The molecular weight excluding hydrogens is 256 g/mol. The van der Waals surface area contributed by atoms with Crippen LogP contribution in [0.4, 0.5) is 5.69 Å². The molecule has 1 aromatic carbocycles. The van der Waals surface area contributed by atoms with E-state index in [4.69, 9.17) is 4.74 Å². The number of nitrogens with zero attached hydrogens (tertiary/aromatic N) is 1. The molecule has 0 aromatic heterocycles. The molecule has 0 bridgehead atoms. The normalized spacial score (nSPS) is 22.9. The van der Waals surface area contributed by atoms with Gasteiger partial charge in [0.1, 0.15) is 17.8 Å². The van der Waals surface area contributed by atoms with E-state index in [0.29, 0.717) is 5.69 Å². The smallest absolute Gasteiger partial charge is 0.250 e. The number of ether oxygens (including phenoxy) is 1. The standard InChI is InChI=1S/C15H20N2O3/c1-9(2)20-13-7-5-12(6-8-13)17-11(4)14(18)16-10(3)15(17)19/h5-11H,1-4H3,(H,16,18). The molecule has 5 heteroatoms. The summed E-state index contributed by atoms with van der Waals surface area (Å²) in [5.41, 5.74) is 0.709. The van der Waals surface area contributed by atoms with Gasteiger partial charge in [0.2, 0.25) is 11.8 Å². The molecule has 1 aliphatic heterocycles. The Kier molecular flexibility index (Phi) is 3.97. The second-order valence-electron chi connectivity index (χ2n) is 5.27. The van der Waals surface area contributed by atoms with Crippen molar-refractivity contribution in [2.45, 2.75) is 45.9 Å². The van der Waals surface area contributed by atoms with Gasteiger partial charge in [0.15, 0.2) is 0 Å². The highest BCUT2D eigenvalue weighted by molar-refractivity contribution is 6.08. The van der Waals surface area contributed by atoms with Gasteiger partial charge in [0.05, 0.1) is 6.10 Å². The molecule has 2 rings (SSSR count). The summed E-state index contributed by atoms with van der Waals surface area (Å²) in [6.07, 6.45) is 0.0993. The molecule has 108 valence electrons. The van der Waals surface area contributed by atoms with Gasteiger partial charge in [-0.2, -0.15) is 0 Å². The predicted octanol–water partition coefficient (Wildman–Crippen LogP) is 1.71. The van der Waals surface area contributed by atoms with Gasteiger partial charge in [-0.25, -0.2) is 0 Å². The molecule has 1 aliphatic rings. The van der Waals surface area contributed by atoms with Gasteiger partial charge < -0.3 is 10.1 Å². The van der Waals surface area contributed by atoms with Crippen molar-refractivity contribution in [1.82, 2.24) is 5.32 Å². The third-order valence-corrected chi connectivity index (χ3v) is 3.22. The third-order valence-electron chi connectivity index (χ3n) is 3.22. The fraction of sp³-hybridized carbons (Fsp3) is 0.467. The second-order valence-corrected chi connectivity index (χ2v) is 5.27. The molecule has 0 saturated carbocycles. The number of carbonyl (C=O) groups is 2. The van der Waals surface area contributed by atoms with Crippen LogP contribution in [0, 0.1) is 0 Å². The lowest BCUT2D eigenvalue weighted by Gasteiger charge is -2.36. The SMILES string of the molecule is CC(C)Oc1ccc(N2C(=O)C(C)NC(=O)C2C)cc1. The highest BCUT2D eigenvalue weighted by atomic mass is 16.5. The Morgan fingerprint density at radius 1 is 1.15 bits per heavy atom. The van der Waals surface area contributed by atoms with E-state index in [9.17, 15) is 9.59 Å². The van der Waals surface area contributed by atoms with Gasteiger partial charge in [-0.3, -0.25) is 14.5 Å². The van der Waals surface area contributed by atoms with Crippen LogP contribution in [0.25, 0.3) is 0 Å². The van der Waals surface area contributed by atoms with Gasteiger partial charge >= 0.3 is 0 Å². The molecule has 1 N–H and O–H groups in total. The molecule has 2 atom stereocenters. The van der Waals surface area contributed by atoms with E-state index in [1.165, 1.54) is 4.90 Å². The number of rotatable bonds is 3. The Hall–Kier alpha value is -2.04. The average Bonchev–Trinajstić information content (AvgIpc) is 2.38. The first kappa shape index (κ1) is 14.4. The fourth-order valence-electron chi connectivity index (χ4n) is 2.22. The van der Waals surface area contributed by atoms with Crippen LogP contribution in [-0.4, -0.2) is 30.0 Å². The van der Waals surface area contributed by atoms with Gasteiger partial charge in [-0.15, -0.1) is 0 Å². The van der Waals surface area contributed by atoms with Crippen molar-refractivity contribution in [2.75, 3.05) is 4.90 Å². The molecule has 0 radical (unpaired) electrons. The Morgan fingerprint density at radius 2 is 1.75 bits per heavy atom. The Morgan fingerprint density at radius 3 is 2.30 bits per heavy atom. The first-order valence-electron chi connectivity index (χ1n) is 6.80. The first-order chi connectivity index (χ1) is 9.40. The predicted molar refractivity (Wildman–Crippen MR) is 76.8 cm³/mol. The van der Waals surface area contributed by atoms with Crippen LogP contribution in [0.2, 0.25) is 0 Å². The van der Waals surface area contributed by atoms with Crippen molar-refractivity contribution < 1.29 is 14.3 Å². The minimum atomic E-state index is -0.504. The summed E-state index contributed by atoms with van der Waals surface area (Å²) in [5, 5.41) is 2.66. The maximum absolute atomic E-state index is 12.2. The van der Waals surface area contributed by atoms with Crippen LogP contribution < -0.4 is 15.0 Å². The minimum Gasteiger partial charge on any atom is -0.491 e. The largest absolute Gasteiger partial charge is 0.491 e. The number of nitrogens with one attached hydrogen (secondary N) is 1. The number of hydrogen-bond acceptors (Lipinski definition) is 3. The lowest BCUT2D eigenvalue weighted by Crippen LogP contribution is -2.61. The molecule has 1 saturated heterocycles. The van der Waals surface area contributed by atoms with Gasteiger partial charge in [-0.05, 0) is 52.0 Å². The third kappa shape index (κ3) is 2.76. The number of carbonyl (C=O) groups excluding carboxylic acids is 2. The number of benzene rings is 1. The van der Waals surface area contributed by atoms with Gasteiger partial charge in [-0.1, -0.05) is 0 Å². The van der Waals surface area contributed by atoms with Gasteiger partial charge in [0.25, 0.3) is 0 Å². The molecule has 2 amide bonds. The highest BCUT2D eigenvalue weighted by Crippen LogP contribution is 2.24. The van der Waals surface area contributed by atoms with Crippen molar-refractivity contribution in [2.24, 2.45) is 0 Å². The van der Waals surface area contributed by atoms with Crippen molar-refractivity contribution in [3.63, 3.8) is 0 Å². The van der Waals surface area contributed by atoms with Crippen molar-refractivity contribution in [3.8, 4) is 5.75 Å². The molecule has 1 fully saturated rings. The minimum absolute atomic E-state index is 0.0993. The number of hydrogen-bond donors (Lipinski definition) is 1. The number of amides is 2. The van der Waals surface area contributed by atoms with E-state index < -0.39 is 12.1 Å². The molecule has 5 nitrogen and oxygen atoms in total. The topological polar surface area (TPSA) is 58.6 Å². The van der Waals surface area contributed by atoms with Crippen LogP contribution in [0.1, 0.15) is 27.7 Å². The van der Waals surface area contributed by atoms with E-state index in [1.807, 2.05) is 26.0 Å². The maximum atomic E-state index is 12.2. The molecule has 1 aromatic rings. The summed E-state index contributed by atoms with van der Waals surface area (Å²) in [5.74, 6) is 0.507. The fourth-order valence-corrected chi connectivity index (χ4v) is 2.22. The highest BCUT2D eigenvalue weighted by Gasteiger charge is 2.36. The molecule has 1 heterocycles. The lowest BCUT2D eigenvalue weighted by molar-refractivity contribution is -0.133. The van der Waals surface area contributed by atoms with E-state index in [1.54, 1.807) is 26.0 Å². The quantitative estimate of drug-likeness (QED) is 0.914. The van der Waals surface area contributed by atoms with E-state index in [0.717, 1.165) is 5.75 Å². The zero-order valence-corrected chi connectivity index (χ0v) is 12.2. The summed E-state index contributed by atoms with van der Waals surface area (Å²) in [6.45, 7) is 7.32. The molecule has 0 aliphatic carbocycles. The van der Waals surface area contributed by atoms with Crippen molar-refractivity contribution >= 4 is 17.5 Å². The van der Waals surface area contributed by atoms with Gasteiger partial charge in [0, 0.05) is 5.69 Å². The van der Waals surface area contributed by atoms with E-state index >= 15 is 0 Å². The molecular formula is C15H20N2O3. The summed E-state index contributed by atoms with van der Waals surface area (Å²) >= 11 is 0. The maximum Gasteiger partial charge on any atom is 0.250 e. The van der Waals surface area contributed by atoms with Crippen molar-refractivity contribution in [3.05, 3.63) is 24.3 Å². The number of anilines is 1. The van der Waals surface area contributed by atoms with Crippen LogP contribution in [0.3, 0.4) is 0 Å². The van der Waals surface area contributed by atoms with Crippen LogP contribution in [0.5, 0.6) is 5.75 Å². The lowest BCUT2D eigenvalue weighted by atomic mass is 10.1. The van der Waals surface area contributed by atoms with Crippen LogP contribution in [-0.2, 0) is 9.59 Å². The average molecular weight is 276 g/mol. The Bertz CT molecular complexity index is 510. The van der Waals surface area contributed by atoms with E-state index in [2.05, 4.69) is 5.32 Å². The summed E-state index contributed by atoms with van der Waals surface area (Å²) in [6, 6.07) is 6.23. The zero-order chi connectivity index (χ0) is 14.9. The van der Waals surface area contributed by atoms with Crippen LogP contribution in [0.15, 0.2) is 24.3 Å². The van der Waals surface area contributed by atoms with E-state index in [-0.39, 0.29) is 17.9 Å². The van der Waals surface area contributed by atoms with Crippen LogP contribution >= 0.6 is 0 Å². The Labute approximate surface area is 118 Å². The summed E-state index contributed by atoms with van der Waals surface area (Å²) in [7, 11) is 0. The summed E-state index contributed by atoms with van der Waals surface area (Å²) in [4.78, 5) is 25.6. The molecule has 0 spiro atoms. The Balaban J connectivity index is 2.25. The molecule has 20 heavy (non-hydrogen) atoms. The molecule has 2 unspecified atom stereocenters. The monoisotopic (exact) mass is 276 g/mol. The zero-order valence-electron chi connectivity index (χ0n) is 12.2. The first-order valence-corrected chi connectivity index (χ1v) is 6.80. The van der Waals surface area contributed by atoms with Crippen molar-refractivity contribution in [1.29, 1.82) is 0 Å². The number of piperazine rings is 1. The second kappa shape index (κ2) is 5.53.